The quantitative estimate of drug-likeness (QED) is 0.606. The van der Waals surface area contributed by atoms with Gasteiger partial charge in [-0.05, 0) is 44.5 Å². The Bertz CT molecular complexity index is 841. The highest BCUT2D eigenvalue weighted by Gasteiger charge is 2.39. The van der Waals surface area contributed by atoms with Gasteiger partial charge in [0.1, 0.15) is 0 Å². The van der Waals surface area contributed by atoms with Crippen LogP contribution >= 0.6 is 0 Å². The molecule has 1 aliphatic rings. The summed E-state index contributed by atoms with van der Waals surface area (Å²) < 4.78 is 0. The van der Waals surface area contributed by atoms with E-state index in [2.05, 4.69) is 10.2 Å². The van der Waals surface area contributed by atoms with Crippen molar-refractivity contribution in [2.24, 2.45) is 10.2 Å². The standard InChI is InChI=1S/C20H21N3O2/c1-4-23-19(24)12-17(20(23)25)16-11-14(3)7-10-18(16)22-21-15-8-5-13(2)6-9-15/h5-11,17H,4,12H2,1-3H3. The number of carbonyl (C=O) groups excluding carboxylic acids is 2. The number of likely N-dealkylation sites (tertiary alicyclic amines) is 1. The molecule has 2 aromatic rings. The van der Waals surface area contributed by atoms with Crippen LogP contribution in [0.1, 0.15) is 36.0 Å². The van der Waals surface area contributed by atoms with Crippen molar-refractivity contribution < 1.29 is 9.59 Å². The lowest BCUT2D eigenvalue weighted by Crippen LogP contribution is -2.29. The number of rotatable bonds is 4. The zero-order valence-corrected chi connectivity index (χ0v) is 14.7. The molecule has 0 radical (unpaired) electrons. The molecule has 128 valence electrons. The van der Waals surface area contributed by atoms with E-state index in [1.54, 1.807) is 0 Å². The number of nitrogens with zero attached hydrogens (tertiary/aromatic N) is 3. The number of hydrogen-bond donors (Lipinski definition) is 0. The first kappa shape index (κ1) is 17.0. The first-order valence-electron chi connectivity index (χ1n) is 8.42. The predicted molar refractivity (Wildman–Crippen MR) is 96.3 cm³/mol. The van der Waals surface area contributed by atoms with Crippen molar-refractivity contribution in [1.82, 2.24) is 4.90 Å². The number of aryl methyl sites for hydroxylation is 2. The largest absolute Gasteiger partial charge is 0.282 e. The van der Waals surface area contributed by atoms with E-state index in [0.29, 0.717) is 12.2 Å². The van der Waals surface area contributed by atoms with Crippen molar-refractivity contribution in [1.29, 1.82) is 0 Å². The lowest BCUT2D eigenvalue weighted by atomic mass is 9.94. The van der Waals surface area contributed by atoms with Crippen LogP contribution in [0.2, 0.25) is 0 Å². The second-order valence-electron chi connectivity index (χ2n) is 6.33. The second-order valence-corrected chi connectivity index (χ2v) is 6.33. The van der Waals surface area contributed by atoms with Gasteiger partial charge in [0.15, 0.2) is 0 Å². The Balaban J connectivity index is 1.95. The fourth-order valence-corrected chi connectivity index (χ4v) is 3.03. The number of carbonyl (C=O) groups is 2. The van der Waals surface area contributed by atoms with Crippen LogP contribution in [-0.4, -0.2) is 23.3 Å². The third-order valence-corrected chi connectivity index (χ3v) is 4.43. The predicted octanol–water partition coefficient (Wildman–Crippen LogP) is 4.58. The molecule has 1 unspecified atom stereocenters. The Kier molecular flexibility index (Phi) is 4.74. The van der Waals surface area contributed by atoms with Gasteiger partial charge in [-0.15, -0.1) is 0 Å². The summed E-state index contributed by atoms with van der Waals surface area (Å²) >= 11 is 0. The monoisotopic (exact) mass is 335 g/mol. The maximum atomic E-state index is 12.6. The molecule has 1 saturated heterocycles. The van der Waals surface area contributed by atoms with E-state index in [4.69, 9.17) is 0 Å². The number of azo groups is 1. The van der Waals surface area contributed by atoms with Gasteiger partial charge in [-0.2, -0.15) is 10.2 Å². The molecule has 5 heteroatoms. The van der Waals surface area contributed by atoms with Crippen molar-refractivity contribution in [2.75, 3.05) is 6.54 Å². The smallest absolute Gasteiger partial charge is 0.237 e. The number of benzene rings is 2. The molecule has 2 aromatic carbocycles. The molecule has 1 fully saturated rings. The zero-order chi connectivity index (χ0) is 18.0. The summed E-state index contributed by atoms with van der Waals surface area (Å²) in [4.78, 5) is 25.9. The van der Waals surface area contributed by atoms with Gasteiger partial charge in [-0.3, -0.25) is 14.5 Å². The van der Waals surface area contributed by atoms with E-state index in [1.807, 2.05) is 63.2 Å². The van der Waals surface area contributed by atoms with Gasteiger partial charge in [0.05, 0.1) is 17.3 Å². The minimum Gasteiger partial charge on any atom is -0.282 e. The molecule has 0 saturated carbocycles. The highest BCUT2D eigenvalue weighted by atomic mass is 16.2. The SMILES string of the molecule is CCN1C(=O)CC(c2cc(C)ccc2N=Nc2ccc(C)cc2)C1=O. The molecule has 5 nitrogen and oxygen atoms in total. The summed E-state index contributed by atoms with van der Waals surface area (Å²) in [5.74, 6) is -0.746. The van der Waals surface area contributed by atoms with Gasteiger partial charge >= 0.3 is 0 Å². The summed E-state index contributed by atoms with van der Waals surface area (Å²) in [6.07, 6.45) is 0.198. The minimum absolute atomic E-state index is 0.125. The van der Waals surface area contributed by atoms with Crippen LogP contribution in [0, 0.1) is 13.8 Å². The Morgan fingerprint density at radius 2 is 1.68 bits per heavy atom. The third kappa shape index (κ3) is 3.50. The van der Waals surface area contributed by atoms with E-state index in [1.165, 1.54) is 4.90 Å². The first-order chi connectivity index (χ1) is 12.0. The van der Waals surface area contributed by atoms with Crippen molar-refractivity contribution in [3.63, 3.8) is 0 Å². The summed E-state index contributed by atoms with van der Waals surface area (Å²) in [6.45, 7) is 6.19. The van der Waals surface area contributed by atoms with Crippen LogP contribution in [0.3, 0.4) is 0 Å². The summed E-state index contributed by atoms with van der Waals surface area (Å²) in [5.41, 5.74) is 4.34. The van der Waals surface area contributed by atoms with Crippen molar-refractivity contribution in [3.05, 3.63) is 59.2 Å². The van der Waals surface area contributed by atoms with Crippen molar-refractivity contribution in [3.8, 4) is 0 Å². The van der Waals surface area contributed by atoms with E-state index in [-0.39, 0.29) is 18.2 Å². The Morgan fingerprint density at radius 3 is 2.32 bits per heavy atom. The molecular formula is C20H21N3O2. The van der Waals surface area contributed by atoms with Gasteiger partial charge in [0.2, 0.25) is 11.8 Å². The van der Waals surface area contributed by atoms with Crippen molar-refractivity contribution in [2.45, 2.75) is 33.1 Å². The highest BCUT2D eigenvalue weighted by Crippen LogP contribution is 2.36. The van der Waals surface area contributed by atoms with Crippen LogP contribution in [0.25, 0.3) is 0 Å². The number of hydrogen-bond acceptors (Lipinski definition) is 4. The van der Waals surface area contributed by atoms with E-state index in [9.17, 15) is 9.59 Å². The molecule has 1 aliphatic heterocycles. The Hall–Kier alpha value is -2.82. The van der Waals surface area contributed by atoms with Crippen LogP contribution in [0.5, 0.6) is 0 Å². The molecular weight excluding hydrogens is 314 g/mol. The Morgan fingerprint density at radius 1 is 1.00 bits per heavy atom. The average molecular weight is 335 g/mol. The van der Waals surface area contributed by atoms with Crippen LogP contribution < -0.4 is 0 Å². The van der Waals surface area contributed by atoms with Crippen LogP contribution in [0.15, 0.2) is 52.7 Å². The normalized spacial score (nSPS) is 17.7. The maximum absolute atomic E-state index is 12.6. The van der Waals surface area contributed by atoms with Crippen LogP contribution in [0.4, 0.5) is 11.4 Å². The fourth-order valence-electron chi connectivity index (χ4n) is 3.03. The van der Waals surface area contributed by atoms with E-state index in [0.717, 1.165) is 22.4 Å². The topological polar surface area (TPSA) is 62.1 Å². The number of amides is 2. The summed E-state index contributed by atoms with van der Waals surface area (Å²) in [5, 5.41) is 8.62. The highest BCUT2D eigenvalue weighted by molar-refractivity contribution is 6.06. The molecule has 0 N–H and O–H groups in total. The van der Waals surface area contributed by atoms with Gasteiger partial charge in [0, 0.05) is 13.0 Å². The molecule has 25 heavy (non-hydrogen) atoms. The van der Waals surface area contributed by atoms with Crippen molar-refractivity contribution >= 4 is 23.2 Å². The second kappa shape index (κ2) is 6.97. The molecule has 2 amide bonds. The molecule has 3 rings (SSSR count). The molecule has 0 bridgehead atoms. The van der Waals surface area contributed by atoms with Gasteiger partial charge in [0.25, 0.3) is 0 Å². The molecule has 1 atom stereocenters. The minimum atomic E-state index is -0.473. The third-order valence-electron chi connectivity index (χ3n) is 4.43. The van der Waals surface area contributed by atoms with Gasteiger partial charge in [-0.25, -0.2) is 0 Å². The molecule has 0 spiro atoms. The van der Waals surface area contributed by atoms with Crippen LogP contribution in [-0.2, 0) is 9.59 Å². The summed E-state index contributed by atoms with van der Waals surface area (Å²) in [6, 6.07) is 13.5. The van der Waals surface area contributed by atoms with E-state index >= 15 is 0 Å². The average Bonchev–Trinajstić information content (AvgIpc) is 2.89. The number of imide groups is 1. The lowest BCUT2D eigenvalue weighted by molar-refractivity contribution is -0.138. The lowest BCUT2D eigenvalue weighted by Gasteiger charge is -2.14. The molecule has 0 aromatic heterocycles. The number of likely N-dealkylation sites (N-methyl/N-ethyl adjacent to an activating group) is 1. The zero-order valence-electron chi connectivity index (χ0n) is 14.7. The molecule has 0 aliphatic carbocycles. The summed E-state index contributed by atoms with van der Waals surface area (Å²) in [7, 11) is 0. The molecule has 1 heterocycles. The Labute approximate surface area is 147 Å². The fraction of sp³-hybridized carbons (Fsp3) is 0.300. The first-order valence-corrected chi connectivity index (χ1v) is 8.42. The van der Waals surface area contributed by atoms with Gasteiger partial charge < -0.3 is 0 Å². The van der Waals surface area contributed by atoms with Gasteiger partial charge in [-0.1, -0.05) is 35.4 Å². The maximum Gasteiger partial charge on any atom is 0.237 e. The van der Waals surface area contributed by atoms with E-state index < -0.39 is 5.92 Å².